The van der Waals surface area contributed by atoms with E-state index < -0.39 is 5.91 Å². The van der Waals surface area contributed by atoms with Gasteiger partial charge >= 0.3 is 7.69 Å². The molecule has 9 heteroatoms. The van der Waals surface area contributed by atoms with Gasteiger partial charge in [-0.25, -0.2) is 0 Å². The Balaban J connectivity index is 0.00000149. The maximum atomic E-state index is 12.4. The van der Waals surface area contributed by atoms with Crippen molar-refractivity contribution in [3.63, 3.8) is 0 Å². The van der Waals surface area contributed by atoms with E-state index >= 15 is 0 Å². The number of benzene rings is 1. The number of hydrogen-bond acceptors (Lipinski definition) is 4. The second kappa shape index (κ2) is 11.3. The first-order chi connectivity index (χ1) is 10.7. The highest BCUT2D eigenvalue weighted by Crippen LogP contribution is 2.22. The van der Waals surface area contributed by atoms with Crippen molar-refractivity contribution >= 4 is 42.7 Å². The average Bonchev–Trinajstić information content (AvgIpc) is 2.45. The molecule has 1 aromatic rings. The summed E-state index contributed by atoms with van der Waals surface area (Å²) >= 11 is 11.9. The Morgan fingerprint density at radius 1 is 1.30 bits per heavy atom. The lowest BCUT2D eigenvalue weighted by Crippen LogP contribution is -2.39. The van der Waals surface area contributed by atoms with Gasteiger partial charge in [-0.3, -0.25) is 9.59 Å². The summed E-state index contributed by atoms with van der Waals surface area (Å²) in [5.41, 5.74) is 5.47. The number of nitrogens with zero attached hydrogens (tertiary/aromatic N) is 1. The van der Waals surface area contributed by atoms with Crippen LogP contribution in [0.5, 0.6) is 0 Å². The number of amides is 2. The molecule has 0 aliphatic heterocycles. The van der Waals surface area contributed by atoms with Crippen molar-refractivity contribution in [1.29, 1.82) is 0 Å². The molecule has 4 N–H and O–H groups in total. The van der Waals surface area contributed by atoms with Crippen molar-refractivity contribution in [2.24, 2.45) is 11.7 Å². The van der Waals surface area contributed by atoms with E-state index in [0.717, 1.165) is 6.42 Å². The fourth-order valence-electron chi connectivity index (χ4n) is 1.69. The summed E-state index contributed by atoms with van der Waals surface area (Å²) in [4.78, 5) is 25.0. The number of rotatable bonds is 6. The van der Waals surface area contributed by atoms with Crippen molar-refractivity contribution in [3.8, 4) is 0 Å². The molecule has 2 amide bonds. The molecule has 0 bridgehead atoms. The SMILES string of the molecule is CC(C)CCN(CC(N)=O)C(=O)c1cc(Cl)ccc1Cl.O[B]O. The van der Waals surface area contributed by atoms with Gasteiger partial charge < -0.3 is 20.7 Å². The Kier molecular flexibility index (Phi) is 10.7. The topological polar surface area (TPSA) is 104 Å². The first-order valence-electron chi connectivity index (χ1n) is 6.85. The van der Waals surface area contributed by atoms with Crippen molar-refractivity contribution in [3.05, 3.63) is 33.8 Å². The van der Waals surface area contributed by atoms with Crippen molar-refractivity contribution < 1.29 is 19.6 Å². The fourth-order valence-corrected chi connectivity index (χ4v) is 2.06. The first kappa shape index (κ1) is 21.7. The molecule has 1 aromatic carbocycles. The molecule has 23 heavy (non-hydrogen) atoms. The molecule has 0 unspecified atom stereocenters. The van der Waals surface area contributed by atoms with Crippen LogP contribution in [-0.2, 0) is 4.79 Å². The summed E-state index contributed by atoms with van der Waals surface area (Å²) in [6, 6.07) is 4.66. The standard InChI is InChI=1S/C14H18Cl2N2O2.BH2O2/c1-9(2)5-6-18(8-13(17)19)14(20)11-7-10(15)3-4-12(11)16;2-1-3/h3-4,7,9H,5-6,8H2,1-2H3,(H2,17,19);2-3H. The predicted octanol–water partition coefficient (Wildman–Crippen LogP) is 1.47. The van der Waals surface area contributed by atoms with Crippen molar-refractivity contribution in [2.75, 3.05) is 13.1 Å². The van der Waals surface area contributed by atoms with E-state index in [0.29, 0.717) is 22.5 Å². The quantitative estimate of drug-likeness (QED) is 0.667. The monoisotopic (exact) mass is 361 g/mol. The highest BCUT2D eigenvalue weighted by atomic mass is 35.5. The number of primary amides is 1. The van der Waals surface area contributed by atoms with E-state index in [1.165, 1.54) is 11.0 Å². The maximum absolute atomic E-state index is 12.4. The minimum Gasteiger partial charge on any atom is -0.429 e. The van der Waals surface area contributed by atoms with Crippen LogP contribution in [-0.4, -0.2) is 47.5 Å². The molecule has 0 saturated carbocycles. The number of carbonyl (C=O) groups excluding carboxylic acids is 2. The van der Waals surface area contributed by atoms with Gasteiger partial charge in [-0.05, 0) is 30.5 Å². The van der Waals surface area contributed by atoms with Gasteiger partial charge in [-0.15, -0.1) is 0 Å². The van der Waals surface area contributed by atoms with Gasteiger partial charge in [0.1, 0.15) is 0 Å². The highest BCUT2D eigenvalue weighted by Gasteiger charge is 2.20. The number of nitrogens with two attached hydrogens (primary N) is 1. The average molecular weight is 362 g/mol. The van der Waals surface area contributed by atoms with E-state index in [1.54, 1.807) is 12.1 Å². The molecule has 0 spiro atoms. The number of hydrogen-bond donors (Lipinski definition) is 3. The van der Waals surface area contributed by atoms with Gasteiger partial charge in [0.15, 0.2) is 0 Å². The zero-order valence-corrected chi connectivity index (χ0v) is 14.5. The van der Waals surface area contributed by atoms with Gasteiger partial charge in [0, 0.05) is 11.6 Å². The lowest BCUT2D eigenvalue weighted by atomic mass is 10.1. The second-order valence-corrected chi connectivity index (χ2v) is 5.96. The lowest BCUT2D eigenvalue weighted by molar-refractivity contribution is -0.118. The Morgan fingerprint density at radius 3 is 2.35 bits per heavy atom. The van der Waals surface area contributed by atoms with Crippen LogP contribution in [0.1, 0.15) is 30.6 Å². The van der Waals surface area contributed by atoms with Crippen LogP contribution in [0, 0.1) is 5.92 Å². The maximum Gasteiger partial charge on any atom is 0.482 e. The molecule has 0 heterocycles. The van der Waals surface area contributed by atoms with Gasteiger partial charge in [-0.1, -0.05) is 37.0 Å². The number of carbonyl (C=O) groups is 2. The van der Waals surface area contributed by atoms with Gasteiger partial charge in [-0.2, -0.15) is 0 Å². The molecule has 0 aliphatic rings. The van der Waals surface area contributed by atoms with Crippen LogP contribution in [0.3, 0.4) is 0 Å². The Bertz CT molecular complexity index is 529. The summed E-state index contributed by atoms with van der Waals surface area (Å²) in [6.45, 7) is 4.40. The molecule has 127 valence electrons. The Labute approximate surface area is 146 Å². The molecular weight excluding hydrogens is 342 g/mol. The van der Waals surface area contributed by atoms with Crippen LogP contribution in [0.4, 0.5) is 0 Å². The third-order valence-electron chi connectivity index (χ3n) is 2.77. The van der Waals surface area contributed by atoms with E-state index in [-0.39, 0.29) is 25.7 Å². The summed E-state index contributed by atoms with van der Waals surface area (Å²) in [6.07, 6.45) is 0.775. The van der Waals surface area contributed by atoms with E-state index in [9.17, 15) is 9.59 Å². The molecule has 1 rings (SSSR count). The Morgan fingerprint density at radius 2 is 1.87 bits per heavy atom. The molecule has 1 radical (unpaired) electrons. The third-order valence-corrected chi connectivity index (χ3v) is 3.33. The van der Waals surface area contributed by atoms with E-state index in [1.807, 2.05) is 13.8 Å². The van der Waals surface area contributed by atoms with Gasteiger partial charge in [0.25, 0.3) is 5.91 Å². The van der Waals surface area contributed by atoms with Crippen LogP contribution in [0.15, 0.2) is 18.2 Å². The lowest BCUT2D eigenvalue weighted by Gasteiger charge is -2.22. The van der Waals surface area contributed by atoms with Crippen LogP contribution in [0.25, 0.3) is 0 Å². The Hall–Kier alpha value is -1.28. The molecule has 0 aliphatic carbocycles. The summed E-state index contributed by atoms with van der Waals surface area (Å²) in [5, 5.41) is 14.7. The normalized spacial score (nSPS) is 9.87. The molecule has 0 atom stereocenters. The third kappa shape index (κ3) is 8.81. The second-order valence-electron chi connectivity index (χ2n) is 5.12. The smallest absolute Gasteiger partial charge is 0.429 e. The van der Waals surface area contributed by atoms with Gasteiger partial charge in [0.05, 0.1) is 17.1 Å². The minimum atomic E-state index is -0.555. The molecule has 0 aromatic heterocycles. The van der Waals surface area contributed by atoms with Crippen LogP contribution >= 0.6 is 23.2 Å². The molecule has 0 fully saturated rings. The van der Waals surface area contributed by atoms with E-state index in [4.69, 9.17) is 39.0 Å². The summed E-state index contributed by atoms with van der Waals surface area (Å²) < 4.78 is 0. The molecule has 0 saturated heterocycles. The van der Waals surface area contributed by atoms with Crippen LogP contribution < -0.4 is 5.73 Å². The van der Waals surface area contributed by atoms with E-state index in [2.05, 4.69) is 0 Å². The molecule has 6 nitrogen and oxygen atoms in total. The summed E-state index contributed by atoms with van der Waals surface area (Å²) in [7, 11) is 0. The zero-order chi connectivity index (χ0) is 18.0. The van der Waals surface area contributed by atoms with Crippen molar-refractivity contribution in [1.82, 2.24) is 4.90 Å². The van der Waals surface area contributed by atoms with Crippen molar-refractivity contribution in [2.45, 2.75) is 20.3 Å². The fraction of sp³-hybridized carbons (Fsp3) is 0.429. The molecular formula is C14H20BCl2N2O4. The van der Waals surface area contributed by atoms with Crippen LogP contribution in [0.2, 0.25) is 10.0 Å². The highest BCUT2D eigenvalue weighted by molar-refractivity contribution is 6.35. The zero-order valence-electron chi connectivity index (χ0n) is 13.0. The van der Waals surface area contributed by atoms with Gasteiger partial charge in [0.2, 0.25) is 5.91 Å². The minimum absolute atomic E-state index is 0. The number of halogens is 2. The first-order valence-corrected chi connectivity index (χ1v) is 7.61. The summed E-state index contributed by atoms with van der Waals surface area (Å²) in [5.74, 6) is -0.481. The predicted molar refractivity (Wildman–Crippen MR) is 91.2 cm³/mol. The largest absolute Gasteiger partial charge is 0.482 e.